The molecule has 3 nitrogen and oxygen atoms in total. The van der Waals surface area contributed by atoms with E-state index in [2.05, 4.69) is 12.2 Å². The number of amides is 2. The van der Waals surface area contributed by atoms with Crippen molar-refractivity contribution in [2.75, 3.05) is 0 Å². The quantitative estimate of drug-likeness (QED) is 0.621. The average molecular weight is 293 g/mol. The lowest BCUT2D eigenvalue weighted by atomic mass is 9.63. The van der Waals surface area contributed by atoms with Crippen LogP contribution in [-0.4, -0.2) is 16.7 Å². The summed E-state index contributed by atoms with van der Waals surface area (Å²) >= 11 is 0. The lowest BCUT2D eigenvalue weighted by Crippen LogP contribution is -2.40. The van der Waals surface area contributed by atoms with Gasteiger partial charge in [0.2, 0.25) is 11.8 Å². The van der Waals surface area contributed by atoms with Crippen LogP contribution < -0.4 is 0 Å². The Balaban J connectivity index is 1.52. The smallest absolute Gasteiger partial charge is 0.234 e. The van der Waals surface area contributed by atoms with Gasteiger partial charge in [-0.15, -0.1) is 0 Å². The highest BCUT2D eigenvalue weighted by Crippen LogP contribution is 2.65. The Labute approximate surface area is 130 Å². The number of benzene rings is 1. The molecule has 6 rings (SSSR count). The lowest BCUT2D eigenvalue weighted by molar-refractivity contribution is -0.142. The number of rotatable bonds is 2. The minimum atomic E-state index is -0.164. The van der Waals surface area contributed by atoms with Gasteiger partial charge >= 0.3 is 0 Å². The first-order valence-electron chi connectivity index (χ1n) is 8.28. The van der Waals surface area contributed by atoms with Crippen molar-refractivity contribution in [2.45, 2.75) is 19.4 Å². The van der Waals surface area contributed by atoms with Crippen molar-refractivity contribution in [3.8, 4) is 0 Å². The zero-order chi connectivity index (χ0) is 15.0. The molecule has 3 heteroatoms. The Morgan fingerprint density at radius 3 is 2.05 bits per heavy atom. The van der Waals surface area contributed by atoms with Gasteiger partial charge in [-0.1, -0.05) is 42.5 Å². The van der Waals surface area contributed by atoms with E-state index in [1.807, 2.05) is 37.3 Å². The Bertz CT molecular complexity index is 659. The van der Waals surface area contributed by atoms with Crippen molar-refractivity contribution in [3.63, 3.8) is 0 Å². The topological polar surface area (TPSA) is 37.4 Å². The third-order valence-electron chi connectivity index (χ3n) is 6.37. The molecule has 112 valence electrons. The number of nitrogens with zero attached hydrogens (tertiary/aromatic N) is 1. The number of hydrogen-bond acceptors (Lipinski definition) is 2. The van der Waals surface area contributed by atoms with Gasteiger partial charge in [0, 0.05) is 0 Å². The van der Waals surface area contributed by atoms with Crippen LogP contribution in [0.3, 0.4) is 0 Å². The molecule has 22 heavy (non-hydrogen) atoms. The number of allylic oxidation sites excluding steroid dienone is 2. The van der Waals surface area contributed by atoms with E-state index in [1.54, 1.807) is 4.90 Å². The summed E-state index contributed by atoms with van der Waals surface area (Å²) in [6.07, 6.45) is 5.66. The van der Waals surface area contributed by atoms with Crippen LogP contribution in [0.1, 0.15) is 24.9 Å². The third kappa shape index (κ3) is 1.42. The maximum absolute atomic E-state index is 13.0. The van der Waals surface area contributed by atoms with Gasteiger partial charge in [-0.05, 0) is 42.6 Å². The summed E-state index contributed by atoms with van der Waals surface area (Å²) in [4.78, 5) is 27.5. The van der Waals surface area contributed by atoms with E-state index in [-0.39, 0.29) is 29.7 Å². The molecule has 0 N–H and O–H groups in total. The van der Waals surface area contributed by atoms with Gasteiger partial charge < -0.3 is 0 Å². The highest BCUT2D eigenvalue weighted by atomic mass is 16.2. The van der Waals surface area contributed by atoms with Crippen LogP contribution in [0.4, 0.5) is 0 Å². The van der Waals surface area contributed by atoms with Gasteiger partial charge in [0.1, 0.15) is 0 Å². The van der Waals surface area contributed by atoms with Gasteiger partial charge in [-0.25, -0.2) is 0 Å². The summed E-state index contributed by atoms with van der Waals surface area (Å²) in [5.74, 6) is 1.91. The molecule has 4 aliphatic carbocycles. The predicted octanol–water partition coefficient (Wildman–Crippen LogP) is 2.80. The number of imide groups is 1. The first-order chi connectivity index (χ1) is 10.7. The van der Waals surface area contributed by atoms with Gasteiger partial charge in [-0.2, -0.15) is 0 Å². The van der Waals surface area contributed by atoms with Gasteiger partial charge in [0.15, 0.2) is 0 Å². The van der Waals surface area contributed by atoms with Crippen LogP contribution >= 0.6 is 0 Å². The van der Waals surface area contributed by atoms with Crippen molar-refractivity contribution >= 4 is 11.8 Å². The molecule has 3 fully saturated rings. The van der Waals surface area contributed by atoms with Crippen LogP contribution in [0.5, 0.6) is 0 Å². The van der Waals surface area contributed by atoms with Crippen LogP contribution in [0.15, 0.2) is 42.5 Å². The third-order valence-corrected chi connectivity index (χ3v) is 6.37. The minimum Gasteiger partial charge on any atom is -0.275 e. The van der Waals surface area contributed by atoms with Gasteiger partial charge in [-0.3, -0.25) is 14.5 Å². The van der Waals surface area contributed by atoms with E-state index >= 15 is 0 Å². The summed E-state index contributed by atoms with van der Waals surface area (Å²) in [6.45, 7) is 1.97. The second-order valence-electron chi connectivity index (χ2n) is 7.29. The largest absolute Gasteiger partial charge is 0.275 e. The summed E-state index contributed by atoms with van der Waals surface area (Å²) in [5.41, 5.74) is 1.04. The molecular formula is C19H19NO2. The maximum Gasteiger partial charge on any atom is 0.234 e. The molecular weight excluding hydrogens is 274 g/mol. The molecule has 5 aliphatic rings. The van der Waals surface area contributed by atoms with Crippen LogP contribution in [0, 0.1) is 35.5 Å². The standard InChI is InChI=1S/C19H19NO2/c1-10(11-5-3-2-4-6-11)20-18(21)16-12-7-8-13(15-9-14(12)15)17(16)19(20)22/h2-8,10,12-17H,9H2,1H3/t10-,12+,13+,14+,15+,16-,17+/m0/s1. The molecule has 1 heterocycles. The number of carbonyl (C=O) groups excluding carboxylic acids is 2. The summed E-state index contributed by atoms with van der Waals surface area (Å²) in [7, 11) is 0. The first-order valence-corrected chi connectivity index (χ1v) is 8.28. The van der Waals surface area contributed by atoms with Crippen molar-refractivity contribution in [2.24, 2.45) is 35.5 Å². The molecule has 0 spiro atoms. The zero-order valence-electron chi connectivity index (χ0n) is 12.6. The molecule has 2 saturated carbocycles. The summed E-state index contributed by atoms with van der Waals surface area (Å²) in [5, 5.41) is 0. The van der Waals surface area contributed by atoms with Gasteiger partial charge in [0.05, 0.1) is 17.9 Å². The minimum absolute atomic E-state index is 0.0658. The molecule has 0 radical (unpaired) electrons. The fourth-order valence-electron chi connectivity index (χ4n) is 5.24. The molecule has 1 aliphatic heterocycles. The van der Waals surface area contributed by atoms with Gasteiger partial charge in [0.25, 0.3) is 0 Å². The number of likely N-dealkylation sites (tertiary alicyclic amines) is 1. The predicted molar refractivity (Wildman–Crippen MR) is 81.4 cm³/mol. The Hall–Kier alpha value is -1.90. The molecule has 2 amide bonds. The number of carbonyl (C=O) groups is 2. The fourth-order valence-corrected chi connectivity index (χ4v) is 5.24. The van der Waals surface area contributed by atoms with Crippen molar-refractivity contribution < 1.29 is 9.59 Å². The van der Waals surface area contributed by atoms with Crippen molar-refractivity contribution in [3.05, 3.63) is 48.0 Å². The van der Waals surface area contributed by atoms with Crippen LogP contribution in [0.2, 0.25) is 0 Å². The van der Waals surface area contributed by atoms with E-state index in [0.717, 1.165) is 5.56 Å². The molecule has 2 bridgehead atoms. The SMILES string of the molecule is C[C@@H](c1ccccc1)N1C(=O)[C@@H]2[C@@H]3C=C[C@H]([C@H]4C[C@H]34)[C@@H]2C1=O. The molecule has 1 aromatic carbocycles. The Kier molecular flexibility index (Phi) is 2.35. The second kappa shape index (κ2) is 4.09. The van der Waals surface area contributed by atoms with E-state index < -0.39 is 0 Å². The van der Waals surface area contributed by atoms with E-state index in [4.69, 9.17) is 0 Å². The van der Waals surface area contributed by atoms with E-state index in [9.17, 15) is 9.59 Å². The molecule has 0 aromatic heterocycles. The normalized spacial score (nSPS) is 42.3. The van der Waals surface area contributed by atoms with Crippen LogP contribution in [0.25, 0.3) is 0 Å². The highest BCUT2D eigenvalue weighted by Gasteiger charge is 2.67. The molecule has 1 aromatic rings. The molecule has 7 atom stereocenters. The summed E-state index contributed by atoms with van der Waals surface area (Å²) < 4.78 is 0. The van der Waals surface area contributed by atoms with Crippen molar-refractivity contribution in [1.82, 2.24) is 4.90 Å². The van der Waals surface area contributed by atoms with E-state index in [1.165, 1.54) is 6.42 Å². The zero-order valence-corrected chi connectivity index (χ0v) is 12.6. The highest BCUT2D eigenvalue weighted by molar-refractivity contribution is 6.06. The second-order valence-corrected chi connectivity index (χ2v) is 7.29. The van der Waals surface area contributed by atoms with Crippen LogP contribution in [-0.2, 0) is 9.59 Å². The maximum atomic E-state index is 13.0. The number of hydrogen-bond donors (Lipinski definition) is 0. The average Bonchev–Trinajstić information content (AvgIpc) is 3.32. The van der Waals surface area contributed by atoms with E-state index in [0.29, 0.717) is 23.7 Å². The Morgan fingerprint density at radius 1 is 0.955 bits per heavy atom. The lowest BCUT2D eigenvalue weighted by Gasteiger charge is -2.37. The molecule has 1 saturated heterocycles. The summed E-state index contributed by atoms with van der Waals surface area (Å²) in [6, 6.07) is 9.72. The first kappa shape index (κ1) is 12.6. The fraction of sp³-hybridized carbons (Fsp3) is 0.474. The van der Waals surface area contributed by atoms with Crippen molar-refractivity contribution in [1.29, 1.82) is 0 Å². The monoisotopic (exact) mass is 293 g/mol. The molecule has 0 unspecified atom stereocenters. The Morgan fingerprint density at radius 2 is 1.50 bits per heavy atom.